The maximum Gasteiger partial charge on any atom is 0.326 e. The van der Waals surface area contributed by atoms with Crippen molar-refractivity contribution >= 4 is 11.9 Å². The van der Waals surface area contributed by atoms with E-state index in [1.807, 2.05) is 0 Å². The first-order chi connectivity index (χ1) is 8.62. The summed E-state index contributed by atoms with van der Waals surface area (Å²) in [6.07, 6.45) is 0. The molecule has 0 saturated heterocycles. The molecule has 5 nitrogen and oxygen atoms in total. The molecule has 1 atom stereocenters. The number of halogens is 1. The molecule has 1 aromatic carbocycles. The number of hydrogen-bond acceptors (Lipinski definition) is 3. The van der Waals surface area contributed by atoms with E-state index in [1.54, 1.807) is 20.8 Å². The Morgan fingerprint density at radius 1 is 1.32 bits per heavy atom. The molecule has 0 spiro atoms. The van der Waals surface area contributed by atoms with E-state index in [1.165, 1.54) is 0 Å². The molecule has 0 saturated carbocycles. The number of carbonyl (C=O) groups excluding carboxylic acids is 1. The Kier molecular flexibility index (Phi) is 4.14. The topological polar surface area (TPSA) is 86.6 Å². The average molecular weight is 269 g/mol. The maximum atomic E-state index is 12.8. The van der Waals surface area contributed by atoms with Crippen molar-refractivity contribution in [2.45, 2.75) is 26.8 Å². The predicted octanol–water partition coefficient (Wildman–Crippen LogP) is 1.76. The zero-order valence-electron chi connectivity index (χ0n) is 10.9. The molecule has 3 N–H and O–H groups in total. The third kappa shape index (κ3) is 3.67. The summed E-state index contributed by atoms with van der Waals surface area (Å²) in [5, 5.41) is 20.9. The van der Waals surface area contributed by atoms with Crippen LogP contribution in [0.4, 0.5) is 4.39 Å². The van der Waals surface area contributed by atoms with Crippen molar-refractivity contribution in [3.8, 4) is 5.75 Å². The van der Waals surface area contributed by atoms with Gasteiger partial charge in [0.2, 0.25) is 0 Å². The van der Waals surface area contributed by atoms with Crippen molar-refractivity contribution in [3.63, 3.8) is 0 Å². The minimum Gasteiger partial charge on any atom is -0.507 e. The van der Waals surface area contributed by atoms with E-state index in [4.69, 9.17) is 5.11 Å². The van der Waals surface area contributed by atoms with Crippen LogP contribution in [0, 0.1) is 11.2 Å². The molecule has 1 aromatic rings. The van der Waals surface area contributed by atoms with Crippen LogP contribution in [-0.4, -0.2) is 28.1 Å². The number of carboxylic acid groups (broad SMARTS) is 1. The van der Waals surface area contributed by atoms with Gasteiger partial charge in [-0.15, -0.1) is 0 Å². The van der Waals surface area contributed by atoms with E-state index >= 15 is 0 Å². The second kappa shape index (κ2) is 5.26. The first-order valence-electron chi connectivity index (χ1n) is 5.65. The van der Waals surface area contributed by atoms with Crippen molar-refractivity contribution in [3.05, 3.63) is 29.6 Å². The first-order valence-corrected chi connectivity index (χ1v) is 5.65. The van der Waals surface area contributed by atoms with Gasteiger partial charge < -0.3 is 15.5 Å². The highest BCUT2D eigenvalue weighted by atomic mass is 19.1. The Labute approximate surface area is 110 Å². The van der Waals surface area contributed by atoms with Gasteiger partial charge in [-0.3, -0.25) is 4.79 Å². The van der Waals surface area contributed by atoms with E-state index in [9.17, 15) is 19.1 Å². The highest BCUT2D eigenvalue weighted by molar-refractivity contribution is 5.98. The Morgan fingerprint density at radius 3 is 2.32 bits per heavy atom. The second-order valence-electron chi connectivity index (χ2n) is 5.27. The van der Waals surface area contributed by atoms with Gasteiger partial charge in [0, 0.05) is 6.07 Å². The molecule has 19 heavy (non-hydrogen) atoms. The lowest BCUT2D eigenvalue weighted by Gasteiger charge is -2.27. The van der Waals surface area contributed by atoms with Crippen LogP contribution in [0.3, 0.4) is 0 Å². The number of amides is 1. The fourth-order valence-corrected chi connectivity index (χ4v) is 1.55. The molecule has 0 heterocycles. The van der Waals surface area contributed by atoms with Crippen LogP contribution in [0.15, 0.2) is 18.2 Å². The zero-order valence-corrected chi connectivity index (χ0v) is 10.9. The summed E-state index contributed by atoms with van der Waals surface area (Å²) in [7, 11) is 0. The normalized spacial score (nSPS) is 12.8. The molecule has 0 unspecified atom stereocenters. The van der Waals surface area contributed by atoms with E-state index in [2.05, 4.69) is 5.32 Å². The molecule has 0 bridgehead atoms. The SMILES string of the molecule is CC(C)(C)[C@@H](NC(=O)c1ccc(F)cc1O)C(=O)O. The molecule has 0 aliphatic rings. The van der Waals surface area contributed by atoms with E-state index in [0.717, 1.165) is 18.2 Å². The Hall–Kier alpha value is -2.11. The zero-order chi connectivity index (χ0) is 14.8. The quantitative estimate of drug-likeness (QED) is 0.780. The Bertz CT molecular complexity index is 508. The standard InChI is InChI=1S/C13H16FNO4/c1-13(2,3)10(12(18)19)15-11(17)8-5-4-7(14)6-9(8)16/h4-6,10,16H,1-3H3,(H,15,17)(H,18,19)/t10-/m0/s1. The number of benzene rings is 1. The summed E-state index contributed by atoms with van der Waals surface area (Å²) in [6, 6.07) is 1.79. The Morgan fingerprint density at radius 2 is 1.89 bits per heavy atom. The van der Waals surface area contributed by atoms with Crippen LogP contribution in [0.2, 0.25) is 0 Å². The van der Waals surface area contributed by atoms with Crippen molar-refractivity contribution < 1.29 is 24.2 Å². The van der Waals surface area contributed by atoms with Gasteiger partial charge in [-0.25, -0.2) is 9.18 Å². The fraction of sp³-hybridized carbons (Fsp3) is 0.385. The Balaban J connectivity index is 2.98. The number of aromatic hydroxyl groups is 1. The largest absolute Gasteiger partial charge is 0.507 e. The number of carbonyl (C=O) groups is 2. The van der Waals surface area contributed by atoms with E-state index in [-0.39, 0.29) is 5.56 Å². The molecule has 1 rings (SSSR count). The average Bonchev–Trinajstić information content (AvgIpc) is 2.23. The molecule has 0 aliphatic heterocycles. The maximum absolute atomic E-state index is 12.8. The first kappa shape index (κ1) is 14.9. The number of aliphatic carboxylic acids is 1. The highest BCUT2D eigenvalue weighted by Crippen LogP contribution is 2.22. The van der Waals surface area contributed by atoms with Crippen molar-refractivity contribution in [1.29, 1.82) is 0 Å². The van der Waals surface area contributed by atoms with Gasteiger partial charge in [0.15, 0.2) is 0 Å². The molecule has 0 aliphatic carbocycles. The molecular weight excluding hydrogens is 253 g/mol. The van der Waals surface area contributed by atoms with Gasteiger partial charge in [0.05, 0.1) is 5.56 Å². The van der Waals surface area contributed by atoms with Gasteiger partial charge in [-0.1, -0.05) is 20.8 Å². The molecule has 0 radical (unpaired) electrons. The smallest absolute Gasteiger partial charge is 0.326 e. The van der Waals surface area contributed by atoms with Crippen molar-refractivity contribution in [2.75, 3.05) is 0 Å². The van der Waals surface area contributed by atoms with Gasteiger partial charge in [-0.05, 0) is 17.5 Å². The highest BCUT2D eigenvalue weighted by Gasteiger charge is 2.33. The van der Waals surface area contributed by atoms with Gasteiger partial charge in [0.1, 0.15) is 17.6 Å². The second-order valence-corrected chi connectivity index (χ2v) is 5.27. The number of nitrogens with one attached hydrogen (secondary N) is 1. The van der Waals surface area contributed by atoms with E-state index in [0.29, 0.717) is 0 Å². The molecule has 0 aromatic heterocycles. The molecule has 104 valence electrons. The van der Waals surface area contributed by atoms with Crippen LogP contribution in [0.1, 0.15) is 31.1 Å². The summed E-state index contributed by atoms with van der Waals surface area (Å²) < 4.78 is 12.8. The van der Waals surface area contributed by atoms with Gasteiger partial charge in [-0.2, -0.15) is 0 Å². The number of hydrogen-bond donors (Lipinski definition) is 3. The number of phenolic OH excluding ortho intramolecular Hbond substituents is 1. The van der Waals surface area contributed by atoms with Crippen molar-refractivity contribution in [1.82, 2.24) is 5.32 Å². The number of carboxylic acids is 1. The molecule has 1 amide bonds. The van der Waals surface area contributed by atoms with Gasteiger partial charge in [0.25, 0.3) is 5.91 Å². The van der Waals surface area contributed by atoms with Crippen LogP contribution >= 0.6 is 0 Å². The summed E-state index contributed by atoms with van der Waals surface area (Å²) in [5.74, 6) is -3.16. The molecule has 6 heteroatoms. The van der Waals surface area contributed by atoms with Crippen LogP contribution in [0.5, 0.6) is 5.75 Å². The molecule has 0 fully saturated rings. The summed E-state index contributed by atoms with van der Waals surface area (Å²) in [4.78, 5) is 23.0. The van der Waals surface area contributed by atoms with E-state index < -0.39 is 34.9 Å². The minimum atomic E-state index is -1.18. The number of rotatable bonds is 3. The minimum absolute atomic E-state index is 0.170. The third-order valence-electron chi connectivity index (χ3n) is 2.59. The third-order valence-corrected chi connectivity index (χ3v) is 2.59. The summed E-state index contributed by atoms with van der Waals surface area (Å²) >= 11 is 0. The summed E-state index contributed by atoms with van der Waals surface area (Å²) in [5.41, 5.74) is -0.867. The van der Waals surface area contributed by atoms with Crippen LogP contribution in [0.25, 0.3) is 0 Å². The lowest BCUT2D eigenvalue weighted by Crippen LogP contribution is -2.49. The van der Waals surface area contributed by atoms with Crippen LogP contribution in [-0.2, 0) is 4.79 Å². The lowest BCUT2D eigenvalue weighted by atomic mass is 9.86. The fourth-order valence-electron chi connectivity index (χ4n) is 1.55. The van der Waals surface area contributed by atoms with Crippen LogP contribution < -0.4 is 5.32 Å². The lowest BCUT2D eigenvalue weighted by molar-refractivity contribution is -0.142. The number of phenols is 1. The molecular formula is C13H16FNO4. The monoisotopic (exact) mass is 269 g/mol. The predicted molar refractivity (Wildman–Crippen MR) is 66.4 cm³/mol. The van der Waals surface area contributed by atoms with Crippen molar-refractivity contribution in [2.24, 2.45) is 5.41 Å². The van der Waals surface area contributed by atoms with Gasteiger partial charge >= 0.3 is 5.97 Å². The summed E-state index contributed by atoms with van der Waals surface area (Å²) in [6.45, 7) is 4.99.